The summed E-state index contributed by atoms with van der Waals surface area (Å²) in [6.07, 6.45) is 1.59. The lowest BCUT2D eigenvalue weighted by atomic mass is 9.54. The monoisotopic (exact) mass is 301 g/mol. The maximum Gasteiger partial charge on any atom is 0.154 e. The predicted molar refractivity (Wildman–Crippen MR) is 83.4 cm³/mol. The first-order valence-corrected chi connectivity index (χ1v) is 7.79. The maximum atomic E-state index is 13.2. The van der Waals surface area contributed by atoms with Gasteiger partial charge in [-0.3, -0.25) is 9.59 Å². The van der Waals surface area contributed by atoms with Gasteiger partial charge in [0.05, 0.1) is 0 Å². The molecule has 118 valence electrons. The van der Waals surface area contributed by atoms with Gasteiger partial charge >= 0.3 is 0 Å². The van der Waals surface area contributed by atoms with Crippen molar-refractivity contribution < 1.29 is 14.4 Å². The number of carbonyl (C=O) groups is 2. The summed E-state index contributed by atoms with van der Waals surface area (Å²) in [4.78, 5) is 31.0. The number of hydrogen-bond acceptors (Lipinski definition) is 4. The lowest BCUT2D eigenvalue weighted by Gasteiger charge is -2.46. The third kappa shape index (κ3) is 1.73. The third-order valence-electron chi connectivity index (χ3n) is 6.36. The molecule has 2 aliphatic rings. The second kappa shape index (κ2) is 4.66. The van der Waals surface area contributed by atoms with E-state index in [4.69, 9.17) is 10.7 Å². The number of nitrogens with two attached hydrogens (primary N) is 1. The molecule has 3 rings (SSSR count). The Hall–Kier alpha value is -1.68. The molecule has 1 aromatic carbocycles. The zero-order valence-electron chi connectivity index (χ0n) is 13.6. The van der Waals surface area contributed by atoms with Gasteiger partial charge in [0, 0.05) is 11.3 Å². The van der Waals surface area contributed by atoms with Crippen molar-refractivity contribution in [3.63, 3.8) is 0 Å². The molecule has 2 saturated carbocycles. The predicted octanol–water partition coefficient (Wildman–Crippen LogP) is 2.93. The molecular formula is C18H23NO3. The quantitative estimate of drug-likeness (QED) is 0.673. The first-order chi connectivity index (χ1) is 10.2. The summed E-state index contributed by atoms with van der Waals surface area (Å²) in [5.41, 5.74) is 0.956. The van der Waals surface area contributed by atoms with Gasteiger partial charge in [-0.2, -0.15) is 5.90 Å². The molecule has 0 aromatic heterocycles. The number of Topliss-reactive ketones (excluding diaryl/α,β-unsaturated/α-hetero) is 2. The highest BCUT2D eigenvalue weighted by Crippen LogP contribution is 2.62. The lowest BCUT2D eigenvalue weighted by Crippen LogP contribution is -2.52. The van der Waals surface area contributed by atoms with Crippen LogP contribution in [0.15, 0.2) is 18.2 Å². The Bertz CT molecular complexity index is 664. The van der Waals surface area contributed by atoms with E-state index < -0.39 is 11.3 Å². The molecule has 3 atom stereocenters. The van der Waals surface area contributed by atoms with Crippen LogP contribution in [-0.2, 0) is 9.59 Å². The van der Waals surface area contributed by atoms with E-state index in [1.54, 1.807) is 12.1 Å². The summed E-state index contributed by atoms with van der Waals surface area (Å²) in [5, 5.41) is 0. The van der Waals surface area contributed by atoms with Gasteiger partial charge in [0.2, 0.25) is 0 Å². The average Bonchev–Trinajstić information content (AvgIpc) is 2.65. The second-order valence-corrected chi connectivity index (χ2v) is 7.48. The minimum absolute atomic E-state index is 0.0496. The zero-order valence-corrected chi connectivity index (χ0v) is 13.6. The normalized spacial score (nSPS) is 33.1. The van der Waals surface area contributed by atoms with Crippen LogP contribution in [-0.4, -0.2) is 11.6 Å². The average molecular weight is 301 g/mol. The number of fused-ring (bicyclic) bond motifs is 2. The van der Waals surface area contributed by atoms with Gasteiger partial charge in [-0.05, 0) is 48.4 Å². The molecule has 4 nitrogen and oxygen atoms in total. The Morgan fingerprint density at radius 1 is 1.23 bits per heavy atom. The molecule has 2 fully saturated rings. The minimum Gasteiger partial charge on any atom is -0.412 e. The van der Waals surface area contributed by atoms with Gasteiger partial charge in [-0.25, -0.2) is 0 Å². The van der Waals surface area contributed by atoms with Crippen LogP contribution in [0.2, 0.25) is 0 Å². The van der Waals surface area contributed by atoms with Gasteiger partial charge in [-0.15, -0.1) is 0 Å². The molecule has 3 unspecified atom stereocenters. The molecule has 0 heterocycles. The summed E-state index contributed by atoms with van der Waals surface area (Å²) in [7, 11) is 0. The number of benzene rings is 1. The summed E-state index contributed by atoms with van der Waals surface area (Å²) >= 11 is 0. The smallest absolute Gasteiger partial charge is 0.154 e. The molecule has 2 N–H and O–H groups in total. The highest BCUT2D eigenvalue weighted by Gasteiger charge is 2.64. The van der Waals surface area contributed by atoms with Gasteiger partial charge in [-0.1, -0.05) is 26.8 Å². The van der Waals surface area contributed by atoms with Crippen LogP contribution in [0.5, 0.6) is 5.75 Å². The fraction of sp³-hybridized carbons (Fsp3) is 0.556. The zero-order chi connectivity index (χ0) is 16.3. The topological polar surface area (TPSA) is 69.4 Å². The van der Waals surface area contributed by atoms with Crippen LogP contribution in [0, 0.1) is 23.7 Å². The molecule has 0 amide bonds. The molecule has 2 aliphatic carbocycles. The van der Waals surface area contributed by atoms with Crippen LogP contribution in [0.4, 0.5) is 0 Å². The van der Waals surface area contributed by atoms with Crippen molar-refractivity contribution in [2.24, 2.45) is 22.6 Å². The van der Waals surface area contributed by atoms with E-state index in [1.807, 2.05) is 19.9 Å². The first kappa shape index (κ1) is 15.2. The van der Waals surface area contributed by atoms with E-state index >= 15 is 0 Å². The highest BCUT2D eigenvalue weighted by molar-refractivity contribution is 6.14. The SMILES string of the molecule is Cc1ccc(ON)cc1C1C(=O)C2CCC(C)(C1=O)C2(C)C. The molecule has 0 saturated heterocycles. The van der Waals surface area contributed by atoms with Gasteiger partial charge in [0.25, 0.3) is 0 Å². The molecule has 2 bridgehead atoms. The summed E-state index contributed by atoms with van der Waals surface area (Å²) in [6.45, 7) is 8.06. The van der Waals surface area contributed by atoms with Crippen molar-refractivity contribution >= 4 is 11.6 Å². The Morgan fingerprint density at radius 2 is 1.91 bits per heavy atom. The third-order valence-corrected chi connectivity index (χ3v) is 6.36. The van der Waals surface area contributed by atoms with Crippen LogP contribution in [0.3, 0.4) is 0 Å². The van der Waals surface area contributed by atoms with Crippen LogP contribution in [0.1, 0.15) is 50.7 Å². The number of hydrogen-bond donors (Lipinski definition) is 1. The fourth-order valence-electron chi connectivity index (χ4n) is 4.39. The van der Waals surface area contributed by atoms with Crippen LogP contribution < -0.4 is 10.7 Å². The second-order valence-electron chi connectivity index (χ2n) is 7.48. The van der Waals surface area contributed by atoms with Crippen LogP contribution >= 0.6 is 0 Å². The number of aryl methyl sites for hydroxylation is 1. The Kier molecular flexibility index (Phi) is 3.22. The summed E-state index contributed by atoms with van der Waals surface area (Å²) < 4.78 is 0. The van der Waals surface area contributed by atoms with E-state index in [1.165, 1.54) is 0 Å². The molecule has 0 radical (unpaired) electrons. The molecule has 4 heteroatoms. The van der Waals surface area contributed by atoms with Gasteiger partial charge < -0.3 is 4.84 Å². The standard InChI is InChI=1S/C18H23NO3/c1-10-5-6-11(22-19)9-12(10)14-15(20)13-7-8-18(4,16(14)21)17(13,2)3/h5-6,9,13-14H,7-8,19H2,1-4H3. The van der Waals surface area contributed by atoms with Crippen LogP contribution in [0.25, 0.3) is 0 Å². The summed E-state index contributed by atoms with van der Waals surface area (Å²) in [6, 6.07) is 5.33. The maximum absolute atomic E-state index is 13.2. The van der Waals surface area contributed by atoms with Gasteiger partial charge in [0.15, 0.2) is 11.6 Å². The van der Waals surface area contributed by atoms with Crippen molar-refractivity contribution in [1.29, 1.82) is 0 Å². The van der Waals surface area contributed by atoms with E-state index in [0.717, 1.165) is 24.0 Å². The molecular weight excluding hydrogens is 278 g/mol. The van der Waals surface area contributed by atoms with Crippen molar-refractivity contribution in [3.8, 4) is 5.75 Å². The molecule has 1 aromatic rings. The van der Waals surface area contributed by atoms with Gasteiger partial charge in [0.1, 0.15) is 11.7 Å². The van der Waals surface area contributed by atoms with E-state index in [0.29, 0.717) is 5.75 Å². The molecule has 22 heavy (non-hydrogen) atoms. The summed E-state index contributed by atoms with van der Waals surface area (Å²) in [5.74, 6) is 5.08. The minimum atomic E-state index is -0.680. The fourth-order valence-corrected chi connectivity index (χ4v) is 4.39. The number of carbonyl (C=O) groups excluding carboxylic acids is 2. The Morgan fingerprint density at radius 3 is 2.55 bits per heavy atom. The highest BCUT2D eigenvalue weighted by atomic mass is 16.6. The number of ketones is 2. The van der Waals surface area contributed by atoms with Crippen molar-refractivity contribution in [3.05, 3.63) is 29.3 Å². The number of rotatable bonds is 2. The molecule has 0 aliphatic heterocycles. The van der Waals surface area contributed by atoms with E-state index in [-0.39, 0.29) is 22.9 Å². The largest absolute Gasteiger partial charge is 0.412 e. The Balaban J connectivity index is 2.14. The van der Waals surface area contributed by atoms with E-state index in [9.17, 15) is 9.59 Å². The molecule has 0 spiro atoms. The van der Waals surface area contributed by atoms with Crippen molar-refractivity contribution in [1.82, 2.24) is 0 Å². The Labute approximate surface area is 131 Å². The lowest BCUT2D eigenvalue weighted by molar-refractivity contribution is -0.149. The van der Waals surface area contributed by atoms with E-state index in [2.05, 4.69) is 13.8 Å². The van der Waals surface area contributed by atoms with Crippen molar-refractivity contribution in [2.75, 3.05) is 0 Å². The first-order valence-electron chi connectivity index (χ1n) is 7.79. The van der Waals surface area contributed by atoms with Crippen molar-refractivity contribution in [2.45, 2.75) is 46.5 Å².